The number of aromatic nitrogens is 1. The molecular formula is C14H21N3O2. The van der Waals surface area contributed by atoms with E-state index in [2.05, 4.69) is 22.1 Å². The summed E-state index contributed by atoms with van der Waals surface area (Å²) in [5.74, 6) is 0.613. The van der Waals surface area contributed by atoms with Crippen LogP contribution in [0.1, 0.15) is 29.4 Å². The number of anilines is 1. The molecule has 1 fully saturated rings. The molecule has 0 unspecified atom stereocenters. The van der Waals surface area contributed by atoms with E-state index in [-0.39, 0.29) is 5.97 Å². The minimum absolute atomic E-state index is 0.330. The number of aryl methyl sites for hydroxylation is 1. The molecule has 5 heteroatoms. The Bertz CT molecular complexity index is 458. The molecule has 104 valence electrons. The Kier molecular flexibility index (Phi) is 4.37. The van der Waals surface area contributed by atoms with Gasteiger partial charge in [-0.15, -0.1) is 0 Å². The van der Waals surface area contributed by atoms with Crippen molar-refractivity contribution in [2.24, 2.45) is 0 Å². The summed E-state index contributed by atoms with van der Waals surface area (Å²) in [4.78, 5) is 18.4. The minimum Gasteiger partial charge on any atom is -0.465 e. The van der Waals surface area contributed by atoms with Gasteiger partial charge < -0.3 is 15.0 Å². The standard InChI is InChI=1S/C14H21N3O2/c1-4-7-17(11-8-15-9-11)13-6-5-12(10(2)16-13)14(18)19-3/h5-6,11,15H,4,7-9H2,1-3H3. The second-order valence-corrected chi connectivity index (χ2v) is 4.80. The van der Waals surface area contributed by atoms with Gasteiger partial charge in [0.2, 0.25) is 0 Å². The zero-order chi connectivity index (χ0) is 13.8. The van der Waals surface area contributed by atoms with Crippen molar-refractivity contribution in [3.05, 3.63) is 23.4 Å². The Hall–Kier alpha value is -1.62. The number of esters is 1. The molecule has 2 heterocycles. The van der Waals surface area contributed by atoms with Crippen molar-refractivity contribution in [1.29, 1.82) is 0 Å². The first-order valence-corrected chi connectivity index (χ1v) is 6.70. The van der Waals surface area contributed by atoms with Crippen LogP contribution < -0.4 is 10.2 Å². The second kappa shape index (κ2) is 6.02. The van der Waals surface area contributed by atoms with Crippen LogP contribution in [-0.2, 0) is 4.74 Å². The molecule has 0 aliphatic carbocycles. The molecule has 0 spiro atoms. The van der Waals surface area contributed by atoms with Gasteiger partial charge in [-0.1, -0.05) is 6.92 Å². The number of nitrogens with one attached hydrogen (secondary N) is 1. The molecule has 0 saturated carbocycles. The molecule has 1 aromatic rings. The van der Waals surface area contributed by atoms with Crippen LogP contribution in [0.25, 0.3) is 0 Å². The summed E-state index contributed by atoms with van der Waals surface area (Å²) >= 11 is 0. The van der Waals surface area contributed by atoms with E-state index in [1.165, 1.54) is 7.11 Å². The molecule has 1 aromatic heterocycles. The summed E-state index contributed by atoms with van der Waals surface area (Å²) in [6.45, 7) is 6.99. The first-order valence-electron chi connectivity index (χ1n) is 6.70. The molecule has 2 rings (SSSR count). The summed E-state index contributed by atoms with van der Waals surface area (Å²) in [6, 6.07) is 4.22. The summed E-state index contributed by atoms with van der Waals surface area (Å²) in [7, 11) is 1.39. The average molecular weight is 263 g/mol. The summed E-state index contributed by atoms with van der Waals surface area (Å²) in [6.07, 6.45) is 1.08. The van der Waals surface area contributed by atoms with E-state index in [0.717, 1.165) is 37.6 Å². The van der Waals surface area contributed by atoms with Crippen LogP contribution in [0.5, 0.6) is 0 Å². The zero-order valence-electron chi connectivity index (χ0n) is 11.8. The highest BCUT2D eigenvalue weighted by molar-refractivity contribution is 5.90. The molecule has 5 nitrogen and oxygen atoms in total. The lowest BCUT2D eigenvalue weighted by Crippen LogP contribution is -2.57. The van der Waals surface area contributed by atoms with Crippen molar-refractivity contribution in [1.82, 2.24) is 10.3 Å². The summed E-state index contributed by atoms with van der Waals surface area (Å²) in [5, 5.41) is 3.28. The number of hydrogen-bond acceptors (Lipinski definition) is 5. The molecule has 1 aliphatic rings. The van der Waals surface area contributed by atoms with Gasteiger partial charge in [-0.25, -0.2) is 9.78 Å². The maximum atomic E-state index is 11.6. The molecule has 1 aliphatic heterocycles. The third-order valence-electron chi connectivity index (χ3n) is 3.44. The van der Waals surface area contributed by atoms with Crippen molar-refractivity contribution in [3.63, 3.8) is 0 Å². The quantitative estimate of drug-likeness (QED) is 0.813. The van der Waals surface area contributed by atoms with E-state index in [9.17, 15) is 4.79 Å². The number of ether oxygens (including phenoxy) is 1. The molecule has 0 amide bonds. The lowest BCUT2D eigenvalue weighted by Gasteiger charge is -2.39. The number of hydrogen-bond donors (Lipinski definition) is 1. The predicted octanol–water partition coefficient (Wildman–Crippen LogP) is 1.36. The third kappa shape index (κ3) is 2.87. The molecule has 1 N–H and O–H groups in total. The number of rotatable bonds is 5. The fourth-order valence-corrected chi connectivity index (χ4v) is 2.25. The van der Waals surface area contributed by atoms with Crippen molar-refractivity contribution < 1.29 is 9.53 Å². The van der Waals surface area contributed by atoms with Gasteiger partial charge in [0.25, 0.3) is 0 Å². The lowest BCUT2D eigenvalue weighted by molar-refractivity contribution is 0.0599. The Labute approximate surface area is 114 Å². The molecule has 0 atom stereocenters. The fraction of sp³-hybridized carbons (Fsp3) is 0.571. The largest absolute Gasteiger partial charge is 0.465 e. The highest BCUT2D eigenvalue weighted by Gasteiger charge is 2.25. The fourth-order valence-electron chi connectivity index (χ4n) is 2.25. The van der Waals surface area contributed by atoms with Gasteiger partial charge in [0.15, 0.2) is 0 Å². The molecule has 19 heavy (non-hydrogen) atoms. The van der Waals surface area contributed by atoms with E-state index in [1.54, 1.807) is 6.07 Å². The Morgan fingerprint density at radius 1 is 1.53 bits per heavy atom. The number of pyridine rings is 1. The minimum atomic E-state index is -0.330. The highest BCUT2D eigenvalue weighted by Crippen LogP contribution is 2.19. The number of methoxy groups -OCH3 is 1. The average Bonchev–Trinajstić information content (AvgIpc) is 2.35. The smallest absolute Gasteiger partial charge is 0.339 e. The van der Waals surface area contributed by atoms with E-state index < -0.39 is 0 Å². The predicted molar refractivity (Wildman–Crippen MR) is 74.6 cm³/mol. The number of carbonyl (C=O) groups excluding carboxylic acids is 1. The lowest BCUT2D eigenvalue weighted by atomic mass is 10.1. The maximum absolute atomic E-state index is 11.6. The molecule has 0 radical (unpaired) electrons. The van der Waals surface area contributed by atoms with Gasteiger partial charge in [-0.2, -0.15) is 0 Å². The van der Waals surface area contributed by atoms with E-state index in [0.29, 0.717) is 11.6 Å². The molecule has 1 saturated heterocycles. The van der Waals surface area contributed by atoms with E-state index >= 15 is 0 Å². The zero-order valence-corrected chi connectivity index (χ0v) is 11.8. The first-order chi connectivity index (χ1) is 9.17. The second-order valence-electron chi connectivity index (χ2n) is 4.80. The third-order valence-corrected chi connectivity index (χ3v) is 3.44. The van der Waals surface area contributed by atoms with Crippen LogP contribution in [-0.4, -0.2) is 43.7 Å². The van der Waals surface area contributed by atoms with Gasteiger partial charge in [0.1, 0.15) is 5.82 Å². The van der Waals surface area contributed by atoms with E-state index in [4.69, 9.17) is 4.74 Å². The van der Waals surface area contributed by atoms with Gasteiger partial charge >= 0.3 is 5.97 Å². The van der Waals surface area contributed by atoms with Crippen molar-refractivity contribution in [2.45, 2.75) is 26.3 Å². The Balaban J connectivity index is 2.23. The van der Waals surface area contributed by atoms with Gasteiger partial charge in [-0.05, 0) is 25.5 Å². The molecule has 0 bridgehead atoms. The molecule has 0 aromatic carbocycles. The van der Waals surface area contributed by atoms with Crippen LogP contribution in [0.2, 0.25) is 0 Å². The van der Waals surface area contributed by atoms with Crippen LogP contribution in [0.4, 0.5) is 5.82 Å². The highest BCUT2D eigenvalue weighted by atomic mass is 16.5. The van der Waals surface area contributed by atoms with Crippen LogP contribution in [0.15, 0.2) is 12.1 Å². The monoisotopic (exact) mass is 263 g/mol. The topological polar surface area (TPSA) is 54.5 Å². The van der Waals surface area contributed by atoms with Crippen LogP contribution in [0.3, 0.4) is 0 Å². The van der Waals surface area contributed by atoms with Crippen molar-refractivity contribution in [3.8, 4) is 0 Å². The Morgan fingerprint density at radius 3 is 2.74 bits per heavy atom. The molecular weight excluding hydrogens is 242 g/mol. The number of nitrogens with zero attached hydrogens (tertiary/aromatic N) is 2. The summed E-state index contributed by atoms with van der Waals surface area (Å²) < 4.78 is 4.74. The SMILES string of the molecule is CCCN(c1ccc(C(=O)OC)c(C)n1)C1CNC1. The van der Waals surface area contributed by atoms with Crippen molar-refractivity contribution in [2.75, 3.05) is 31.6 Å². The van der Waals surface area contributed by atoms with E-state index in [1.807, 2.05) is 13.0 Å². The first kappa shape index (κ1) is 13.8. The number of carbonyl (C=O) groups is 1. The van der Waals surface area contributed by atoms with Gasteiger partial charge in [-0.3, -0.25) is 0 Å². The Morgan fingerprint density at radius 2 is 2.26 bits per heavy atom. The van der Waals surface area contributed by atoms with Crippen molar-refractivity contribution >= 4 is 11.8 Å². The summed E-state index contributed by atoms with van der Waals surface area (Å²) in [5.41, 5.74) is 1.26. The van der Waals surface area contributed by atoms with Crippen LogP contribution >= 0.6 is 0 Å². The van der Waals surface area contributed by atoms with Gasteiger partial charge in [0, 0.05) is 19.6 Å². The maximum Gasteiger partial charge on any atom is 0.339 e. The van der Waals surface area contributed by atoms with Crippen LogP contribution in [0, 0.1) is 6.92 Å². The van der Waals surface area contributed by atoms with Gasteiger partial charge in [0.05, 0.1) is 24.4 Å². The normalized spacial score (nSPS) is 14.9.